The monoisotopic (exact) mass is 356 g/mol. The van der Waals surface area contributed by atoms with Crippen molar-refractivity contribution in [3.05, 3.63) is 42.0 Å². The summed E-state index contributed by atoms with van der Waals surface area (Å²) in [5.74, 6) is 1.94. The van der Waals surface area contributed by atoms with E-state index in [0.717, 1.165) is 23.4 Å². The van der Waals surface area contributed by atoms with Crippen LogP contribution in [0.5, 0.6) is 17.2 Å². The van der Waals surface area contributed by atoms with Gasteiger partial charge in [0.2, 0.25) is 0 Å². The van der Waals surface area contributed by atoms with Crippen LogP contribution in [0, 0.1) is 6.92 Å². The molecule has 0 radical (unpaired) electrons. The highest BCUT2D eigenvalue weighted by molar-refractivity contribution is 6.04. The second-order valence-electron chi connectivity index (χ2n) is 6.23. The van der Waals surface area contributed by atoms with E-state index in [1.54, 1.807) is 37.3 Å². The predicted molar refractivity (Wildman–Crippen MR) is 102 cm³/mol. The lowest BCUT2D eigenvalue weighted by Gasteiger charge is -2.34. The molecular formula is C20H24N2O4. The van der Waals surface area contributed by atoms with Crippen molar-refractivity contribution in [1.82, 2.24) is 0 Å². The summed E-state index contributed by atoms with van der Waals surface area (Å²) in [6.07, 6.45) is 0.780. The summed E-state index contributed by atoms with van der Waals surface area (Å²) >= 11 is 0. The molecule has 1 aliphatic rings. The first kappa shape index (κ1) is 17.9. The van der Waals surface area contributed by atoms with Gasteiger partial charge in [-0.05, 0) is 43.2 Å². The fourth-order valence-electron chi connectivity index (χ4n) is 2.96. The Morgan fingerprint density at radius 2 is 2.04 bits per heavy atom. The molecule has 138 valence electrons. The number of hydrogen-bond donors (Lipinski definition) is 1. The highest BCUT2D eigenvalue weighted by Crippen LogP contribution is 2.36. The molecule has 0 saturated heterocycles. The summed E-state index contributed by atoms with van der Waals surface area (Å²) in [5.41, 5.74) is 2.40. The summed E-state index contributed by atoms with van der Waals surface area (Å²) in [4.78, 5) is 14.8. The van der Waals surface area contributed by atoms with Crippen molar-refractivity contribution in [2.24, 2.45) is 0 Å². The topological polar surface area (TPSA) is 60.0 Å². The molecule has 2 aromatic rings. The van der Waals surface area contributed by atoms with Gasteiger partial charge in [-0.25, -0.2) is 4.79 Å². The smallest absolute Gasteiger partial charge is 0.326 e. The Kier molecular flexibility index (Phi) is 5.21. The largest absolute Gasteiger partial charge is 0.497 e. The lowest BCUT2D eigenvalue weighted by molar-refractivity contribution is 0.188. The van der Waals surface area contributed by atoms with Gasteiger partial charge in [0.1, 0.15) is 23.4 Å². The number of aryl methyl sites for hydroxylation is 1. The van der Waals surface area contributed by atoms with Crippen LogP contribution in [0.15, 0.2) is 36.4 Å². The van der Waals surface area contributed by atoms with Crippen LogP contribution in [0.3, 0.4) is 0 Å². The van der Waals surface area contributed by atoms with Crippen molar-refractivity contribution in [3.8, 4) is 17.2 Å². The summed E-state index contributed by atoms with van der Waals surface area (Å²) in [7, 11) is 3.15. The fraction of sp³-hybridized carbons (Fsp3) is 0.350. The van der Waals surface area contributed by atoms with Gasteiger partial charge in [0.15, 0.2) is 0 Å². The Bertz CT molecular complexity index is 806. The molecule has 0 spiro atoms. The number of fused-ring (bicyclic) bond motifs is 1. The van der Waals surface area contributed by atoms with Gasteiger partial charge in [-0.1, -0.05) is 13.0 Å². The maximum Gasteiger partial charge on any atom is 0.326 e. The molecule has 3 rings (SSSR count). The third-order valence-corrected chi connectivity index (χ3v) is 4.43. The lowest BCUT2D eigenvalue weighted by atomic mass is 10.1. The maximum absolute atomic E-state index is 13.0. The van der Waals surface area contributed by atoms with Gasteiger partial charge < -0.3 is 19.5 Å². The van der Waals surface area contributed by atoms with E-state index in [1.807, 2.05) is 32.0 Å². The number of benzene rings is 2. The zero-order valence-electron chi connectivity index (χ0n) is 15.5. The second-order valence-corrected chi connectivity index (χ2v) is 6.23. The fourth-order valence-corrected chi connectivity index (χ4v) is 2.96. The SMILES string of the molecule is CC[C@@H]1CN(C(=O)Nc2cc(OC)ccc2OC)c2cc(C)ccc2O1. The molecule has 1 N–H and O–H groups in total. The van der Waals surface area contributed by atoms with Crippen LogP contribution in [0.2, 0.25) is 0 Å². The molecule has 0 fully saturated rings. The third-order valence-electron chi connectivity index (χ3n) is 4.43. The van der Waals surface area contributed by atoms with E-state index in [-0.39, 0.29) is 12.1 Å². The van der Waals surface area contributed by atoms with E-state index in [0.29, 0.717) is 23.7 Å². The van der Waals surface area contributed by atoms with Crippen LogP contribution in [0.4, 0.5) is 16.2 Å². The number of ether oxygens (including phenoxy) is 3. The Morgan fingerprint density at radius 1 is 1.23 bits per heavy atom. The van der Waals surface area contributed by atoms with Crippen molar-refractivity contribution in [2.45, 2.75) is 26.4 Å². The molecule has 0 aliphatic carbocycles. The number of anilines is 2. The van der Waals surface area contributed by atoms with Crippen molar-refractivity contribution in [2.75, 3.05) is 31.0 Å². The molecule has 0 unspecified atom stereocenters. The number of nitrogens with zero attached hydrogens (tertiary/aromatic N) is 1. The number of methoxy groups -OCH3 is 2. The molecule has 2 amide bonds. The van der Waals surface area contributed by atoms with Crippen LogP contribution in [0.1, 0.15) is 18.9 Å². The number of rotatable bonds is 4. The molecule has 0 saturated carbocycles. The van der Waals surface area contributed by atoms with E-state index in [4.69, 9.17) is 14.2 Å². The Labute approximate surface area is 153 Å². The lowest BCUT2D eigenvalue weighted by Crippen LogP contribution is -2.45. The van der Waals surface area contributed by atoms with E-state index < -0.39 is 0 Å². The van der Waals surface area contributed by atoms with E-state index >= 15 is 0 Å². The maximum atomic E-state index is 13.0. The number of nitrogens with one attached hydrogen (secondary N) is 1. The van der Waals surface area contributed by atoms with E-state index in [2.05, 4.69) is 5.32 Å². The van der Waals surface area contributed by atoms with Crippen LogP contribution in [-0.4, -0.2) is 32.9 Å². The Morgan fingerprint density at radius 3 is 2.73 bits per heavy atom. The van der Waals surface area contributed by atoms with Crippen LogP contribution in [0.25, 0.3) is 0 Å². The van der Waals surface area contributed by atoms with Gasteiger partial charge in [0, 0.05) is 6.07 Å². The molecule has 26 heavy (non-hydrogen) atoms. The zero-order valence-corrected chi connectivity index (χ0v) is 15.5. The highest BCUT2D eigenvalue weighted by Gasteiger charge is 2.29. The number of carbonyl (C=O) groups is 1. The zero-order chi connectivity index (χ0) is 18.7. The molecule has 1 aliphatic heterocycles. The Hall–Kier alpha value is -2.89. The van der Waals surface area contributed by atoms with E-state index in [9.17, 15) is 4.79 Å². The van der Waals surface area contributed by atoms with Crippen molar-refractivity contribution in [1.29, 1.82) is 0 Å². The van der Waals surface area contributed by atoms with Crippen LogP contribution < -0.4 is 24.4 Å². The first-order valence-electron chi connectivity index (χ1n) is 8.63. The second kappa shape index (κ2) is 7.56. The van der Waals surface area contributed by atoms with Crippen LogP contribution in [-0.2, 0) is 0 Å². The minimum atomic E-state index is -0.231. The van der Waals surface area contributed by atoms with Gasteiger partial charge in [0.05, 0.1) is 32.1 Å². The average Bonchev–Trinajstić information content (AvgIpc) is 2.66. The summed E-state index contributed by atoms with van der Waals surface area (Å²) in [6.45, 7) is 4.53. The first-order valence-corrected chi connectivity index (χ1v) is 8.63. The van der Waals surface area contributed by atoms with Gasteiger partial charge in [0.25, 0.3) is 0 Å². The number of hydrogen-bond acceptors (Lipinski definition) is 4. The summed E-state index contributed by atoms with van der Waals surface area (Å²) in [5, 5.41) is 2.94. The standard InChI is InChI=1S/C20H24N2O4/c1-5-14-12-22(17-10-13(2)6-8-19(17)26-14)20(23)21-16-11-15(24-3)7-9-18(16)25-4/h6-11,14H,5,12H2,1-4H3,(H,21,23)/t14-/m1/s1. The molecular weight excluding hydrogens is 332 g/mol. The molecule has 0 bridgehead atoms. The van der Waals surface area contributed by atoms with Crippen molar-refractivity contribution in [3.63, 3.8) is 0 Å². The summed E-state index contributed by atoms with van der Waals surface area (Å²) in [6, 6.07) is 10.9. The molecule has 6 nitrogen and oxygen atoms in total. The molecule has 0 aromatic heterocycles. The number of carbonyl (C=O) groups excluding carboxylic acids is 1. The molecule has 2 aromatic carbocycles. The minimum absolute atomic E-state index is 0.0387. The normalized spacial score (nSPS) is 15.7. The van der Waals surface area contributed by atoms with Crippen molar-refractivity contribution < 1.29 is 19.0 Å². The molecule has 6 heteroatoms. The third kappa shape index (κ3) is 3.54. The first-order chi connectivity index (χ1) is 12.5. The number of urea groups is 1. The van der Waals surface area contributed by atoms with E-state index in [1.165, 1.54) is 0 Å². The van der Waals surface area contributed by atoms with Crippen molar-refractivity contribution >= 4 is 17.4 Å². The average molecular weight is 356 g/mol. The number of amides is 2. The minimum Gasteiger partial charge on any atom is -0.497 e. The summed E-state index contributed by atoms with van der Waals surface area (Å²) < 4.78 is 16.6. The highest BCUT2D eigenvalue weighted by atomic mass is 16.5. The van der Waals surface area contributed by atoms with Gasteiger partial charge in [-0.3, -0.25) is 4.90 Å². The molecule has 1 atom stereocenters. The van der Waals surface area contributed by atoms with Gasteiger partial charge in [-0.15, -0.1) is 0 Å². The quantitative estimate of drug-likeness (QED) is 0.891. The predicted octanol–water partition coefficient (Wildman–Crippen LogP) is 4.22. The molecule has 1 heterocycles. The van der Waals surface area contributed by atoms with Gasteiger partial charge in [-0.2, -0.15) is 0 Å². The van der Waals surface area contributed by atoms with Gasteiger partial charge >= 0.3 is 6.03 Å². The van der Waals surface area contributed by atoms with Crippen LogP contribution >= 0.6 is 0 Å². The Balaban J connectivity index is 1.91.